The van der Waals surface area contributed by atoms with E-state index in [4.69, 9.17) is 21.1 Å². The number of amides is 1. The summed E-state index contributed by atoms with van der Waals surface area (Å²) in [5.41, 5.74) is 2.51. The van der Waals surface area contributed by atoms with Crippen LogP contribution in [0.2, 0.25) is 5.02 Å². The SMILES string of the molecule is CCOc1ccc(C(C)NC(=O)c2ccc(OCc3ccccc3Cl)cc2)cc1. The Balaban J connectivity index is 1.56. The van der Waals surface area contributed by atoms with Crippen molar-refractivity contribution in [3.63, 3.8) is 0 Å². The molecule has 0 bridgehead atoms. The van der Waals surface area contributed by atoms with Crippen molar-refractivity contribution >= 4 is 17.5 Å². The van der Waals surface area contributed by atoms with E-state index in [2.05, 4.69) is 5.32 Å². The summed E-state index contributed by atoms with van der Waals surface area (Å²) in [6.07, 6.45) is 0. The zero-order valence-corrected chi connectivity index (χ0v) is 17.3. The third-order valence-corrected chi connectivity index (χ3v) is 4.88. The van der Waals surface area contributed by atoms with E-state index in [1.54, 1.807) is 24.3 Å². The van der Waals surface area contributed by atoms with Gasteiger partial charge in [-0.05, 0) is 61.9 Å². The van der Waals surface area contributed by atoms with Gasteiger partial charge in [0, 0.05) is 16.1 Å². The summed E-state index contributed by atoms with van der Waals surface area (Å²) in [7, 11) is 0. The van der Waals surface area contributed by atoms with E-state index in [1.807, 2.05) is 62.4 Å². The standard InChI is InChI=1S/C24H24ClNO3/c1-3-28-21-12-8-18(9-13-21)17(2)26-24(27)19-10-14-22(15-11-19)29-16-20-6-4-5-7-23(20)25/h4-15,17H,3,16H2,1-2H3,(H,26,27). The van der Waals surface area contributed by atoms with Crippen molar-refractivity contribution in [2.24, 2.45) is 0 Å². The van der Waals surface area contributed by atoms with Gasteiger partial charge in [-0.2, -0.15) is 0 Å². The Bertz CT molecular complexity index is 939. The predicted octanol–water partition coefficient (Wildman–Crippen LogP) is 5.81. The maximum absolute atomic E-state index is 12.5. The highest BCUT2D eigenvalue weighted by atomic mass is 35.5. The molecule has 3 aromatic carbocycles. The lowest BCUT2D eigenvalue weighted by Crippen LogP contribution is -2.26. The molecule has 1 atom stereocenters. The lowest BCUT2D eigenvalue weighted by molar-refractivity contribution is 0.0940. The number of rotatable bonds is 8. The zero-order chi connectivity index (χ0) is 20.6. The van der Waals surface area contributed by atoms with Crippen LogP contribution in [0.1, 0.15) is 41.4 Å². The van der Waals surface area contributed by atoms with Crippen LogP contribution >= 0.6 is 11.6 Å². The van der Waals surface area contributed by atoms with Gasteiger partial charge in [-0.1, -0.05) is 41.9 Å². The summed E-state index contributed by atoms with van der Waals surface area (Å²) in [5, 5.41) is 3.68. The van der Waals surface area contributed by atoms with Crippen molar-refractivity contribution in [3.05, 3.63) is 94.5 Å². The van der Waals surface area contributed by atoms with Gasteiger partial charge in [-0.3, -0.25) is 4.79 Å². The van der Waals surface area contributed by atoms with E-state index >= 15 is 0 Å². The molecule has 0 aromatic heterocycles. The second kappa shape index (κ2) is 9.99. The van der Waals surface area contributed by atoms with E-state index < -0.39 is 0 Å². The predicted molar refractivity (Wildman–Crippen MR) is 116 cm³/mol. The molecule has 0 saturated carbocycles. The van der Waals surface area contributed by atoms with Crippen LogP contribution in [0.15, 0.2) is 72.8 Å². The molecule has 0 aliphatic heterocycles. The van der Waals surface area contributed by atoms with Crippen LogP contribution < -0.4 is 14.8 Å². The van der Waals surface area contributed by atoms with Gasteiger partial charge in [0.1, 0.15) is 18.1 Å². The topological polar surface area (TPSA) is 47.6 Å². The lowest BCUT2D eigenvalue weighted by Gasteiger charge is -2.15. The second-order valence-corrected chi connectivity index (χ2v) is 7.01. The Morgan fingerprint density at radius 3 is 2.21 bits per heavy atom. The van der Waals surface area contributed by atoms with Crippen LogP contribution in [-0.4, -0.2) is 12.5 Å². The van der Waals surface area contributed by atoms with Gasteiger partial charge >= 0.3 is 0 Å². The van der Waals surface area contributed by atoms with Crippen LogP contribution in [0.4, 0.5) is 0 Å². The van der Waals surface area contributed by atoms with Gasteiger partial charge in [0.15, 0.2) is 0 Å². The molecule has 4 nitrogen and oxygen atoms in total. The molecule has 0 heterocycles. The molecule has 0 spiro atoms. The first-order valence-electron chi connectivity index (χ1n) is 9.56. The first-order valence-corrected chi connectivity index (χ1v) is 9.94. The quantitative estimate of drug-likeness (QED) is 0.510. The first-order chi connectivity index (χ1) is 14.1. The fourth-order valence-electron chi connectivity index (χ4n) is 2.86. The van der Waals surface area contributed by atoms with Crippen LogP contribution in [0.5, 0.6) is 11.5 Å². The smallest absolute Gasteiger partial charge is 0.251 e. The Morgan fingerprint density at radius 1 is 0.931 bits per heavy atom. The lowest BCUT2D eigenvalue weighted by atomic mass is 10.1. The van der Waals surface area contributed by atoms with Crippen molar-refractivity contribution in [2.75, 3.05) is 6.61 Å². The number of ether oxygens (including phenoxy) is 2. The maximum Gasteiger partial charge on any atom is 0.251 e. The average molecular weight is 410 g/mol. The monoisotopic (exact) mass is 409 g/mol. The Kier molecular flexibility index (Phi) is 7.14. The summed E-state index contributed by atoms with van der Waals surface area (Å²) < 4.78 is 11.2. The van der Waals surface area contributed by atoms with Crippen molar-refractivity contribution in [1.82, 2.24) is 5.32 Å². The average Bonchev–Trinajstić information content (AvgIpc) is 2.74. The molecule has 1 N–H and O–H groups in total. The molecule has 1 amide bonds. The minimum Gasteiger partial charge on any atom is -0.494 e. The van der Waals surface area contributed by atoms with E-state index in [0.717, 1.165) is 16.9 Å². The Labute approximate surface area is 176 Å². The molecule has 3 rings (SSSR count). The fraction of sp³-hybridized carbons (Fsp3) is 0.208. The normalized spacial score (nSPS) is 11.6. The molecule has 1 unspecified atom stereocenters. The summed E-state index contributed by atoms with van der Waals surface area (Å²) in [6, 6.07) is 22.3. The molecule has 0 aliphatic carbocycles. The zero-order valence-electron chi connectivity index (χ0n) is 16.5. The van der Waals surface area contributed by atoms with Crippen molar-refractivity contribution in [3.8, 4) is 11.5 Å². The molecule has 29 heavy (non-hydrogen) atoms. The Hall–Kier alpha value is -2.98. The fourth-order valence-corrected chi connectivity index (χ4v) is 3.05. The summed E-state index contributed by atoms with van der Waals surface area (Å²) >= 11 is 6.14. The number of nitrogens with one attached hydrogen (secondary N) is 1. The van der Waals surface area contributed by atoms with Gasteiger partial charge in [0.25, 0.3) is 5.91 Å². The highest BCUT2D eigenvalue weighted by molar-refractivity contribution is 6.31. The molecule has 3 aromatic rings. The molecular weight excluding hydrogens is 386 g/mol. The summed E-state index contributed by atoms with van der Waals surface area (Å²) in [4.78, 5) is 12.5. The number of carbonyl (C=O) groups is 1. The highest BCUT2D eigenvalue weighted by Gasteiger charge is 2.12. The van der Waals surface area contributed by atoms with Crippen LogP contribution in [0.3, 0.4) is 0 Å². The van der Waals surface area contributed by atoms with E-state index in [1.165, 1.54) is 0 Å². The van der Waals surface area contributed by atoms with Crippen molar-refractivity contribution in [2.45, 2.75) is 26.5 Å². The first kappa shape index (κ1) is 20.7. The van der Waals surface area contributed by atoms with Crippen molar-refractivity contribution < 1.29 is 14.3 Å². The summed E-state index contributed by atoms with van der Waals surface area (Å²) in [6.45, 7) is 4.91. The molecule has 150 valence electrons. The van der Waals surface area contributed by atoms with E-state index in [-0.39, 0.29) is 11.9 Å². The number of carbonyl (C=O) groups excluding carboxylic acids is 1. The number of halogens is 1. The van der Waals surface area contributed by atoms with Gasteiger partial charge in [0.2, 0.25) is 0 Å². The third-order valence-electron chi connectivity index (χ3n) is 4.51. The molecule has 5 heteroatoms. The van der Waals surface area contributed by atoms with Crippen molar-refractivity contribution in [1.29, 1.82) is 0 Å². The summed E-state index contributed by atoms with van der Waals surface area (Å²) in [5.74, 6) is 1.37. The Morgan fingerprint density at radius 2 is 1.55 bits per heavy atom. The molecule has 0 radical (unpaired) electrons. The number of hydrogen-bond donors (Lipinski definition) is 1. The van der Waals surface area contributed by atoms with Gasteiger partial charge < -0.3 is 14.8 Å². The minimum atomic E-state index is -0.135. The van der Waals surface area contributed by atoms with Gasteiger partial charge in [0.05, 0.1) is 12.6 Å². The minimum absolute atomic E-state index is 0.116. The van der Waals surface area contributed by atoms with E-state index in [0.29, 0.717) is 29.5 Å². The largest absolute Gasteiger partial charge is 0.494 e. The molecule has 0 fully saturated rings. The van der Waals surface area contributed by atoms with E-state index in [9.17, 15) is 4.79 Å². The van der Waals surface area contributed by atoms with Gasteiger partial charge in [-0.15, -0.1) is 0 Å². The second-order valence-electron chi connectivity index (χ2n) is 6.60. The van der Waals surface area contributed by atoms with Gasteiger partial charge in [-0.25, -0.2) is 0 Å². The number of benzene rings is 3. The van der Waals surface area contributed by atoms with Crippen LogP contribution in [-0.2, 0) is 6.61 Å². The molecule has 0 aliphatic rings. The third kappa shape index (κ3) is 5.75. The molecular formula is C24H24ClNO3. The van der Waals surface area contributed by atoms with Crippen LogP contribution in [0.25, 0.3) is 0 Å². The maximum atomic E-state index is 12.5. The highest BCUT2D eigenvalue weighted by Crippen LogP contribution is 2.20. The number of hydrogen-bond acceptors (Lipinski definition) is 3. The van der Waals surface area contributed by atoms with Crippen LogP contribution in [0, 0.1) is 0 Å². The molecule has 0 saturated heterocycles.